The van der Waals surface area contributed by atoms with Crippen molar-refractivity contribution in [1.82, 2.24) is 5.32 Å². The molecule has 1 aliphatic rings. The topological polar surface area (TPSA) is 64.6 Å². The highest BCUT2D eigenvalue weighted by Crippen LogP contribution is 2.31. The summed E-state index contributed by atoms with van der Waals surface area (Å²) in [5.74, 6) is -0.0884. The van der Waals surface area contributed by atoms with Crippen LogP contribution < -0.4 is 5.32 Å². The quantitative estimate of drug-likeness (QED) is 0.346. The Morgan fingerprint density at radius 1 is 1.00 bits per heavy atom. The Labute approximate surface area is 144 Å². The summed E-state index contributed by atoms with van der Waals surface area (Å²) in [6, 6.07) is 0. The summed E-state index contributed by atoms with van der Waals surface area (Å²) in [4.78, 5) is 24.1. The highest BCUT2D eigenvalue weighted by Gasteiger charge is 2.44. The molecule has 1 N–H and O–H groups in total. The molecule has 0 spiro atoms. The maximum atomic E-state index is 12.4. The minimum absolute atomic E-state index is 0.135. The molecule has 0 saturated heterocycles. The highest BCUT2D eigenvalue weighted by molar-refractivity contribution is 6.18. The highest BCUT2D eigenvalue weighted by atomic mass is 35.5. The summed E-state index contributed by atoms with van der Waals surface area (Å²) in [5, 5.41) is 2.70. The Hall–Kier alpha value is -0.970. The molecule has 23 heavy (non-hydrogen) atoms. The Morgan fingerprint density at radius 2 is 1.65 bits per heavy atom. The van der Waals surface area contributed by atoms with E-state index in [-0.39, 0.29) is 18.5 Å². The smallest absolute Gasteiger partial charge is 0.408 e. The third kappa shape index (κ3) is 7.42. The number of hydrogen-bond acceptors (Lipinski definition) is 4. The van der Waals surface area contributed by atoms with Crippen molar-refractivity contribution >= 4 is 23.7 Å². The number of esters is 1. The predicted molar refractivity (Wildman–Crippen MR) is 90.7 cm³/mol. The van der Waals surface area contributed by atoms with E-state index in [1.54, 1.807) is 0 Å². The number of alkyl carbamates (subject to hydrolysis) is 1. The number of halogens is 1. The van der Waals surface area contributed by atoms with Crippen molar-refractivity contribution in [3.05, 3.63) is 0 Å². The number of rotatable bonds is 11. The number of nitrogens with one attached hydrogen (secondary N) is 1. The summed E-state index contributed by atoms with van der Waals surface area (Å²) in [7, 11) is 0. The van der Waals surface area contributed by atoms with Crippen molar-refractivity contribution in [1.29, 1.82) is 0 Å². The lowest BCUT2D eigenvalue weighted by Crippen LogP contribution is -2.53. The number of carbonyl (C=O) groups is 2. The van der Waals surface area contributed by atoms with Gasteiger partial charge in [-0.1, -0.05) is 51.9 Å². The van der Waals surface area contributed by atoms with Gasteiger partial charge in [0, 0.05) is 0 Å². The molecule has 0 aliphatic heterocycles. The normalized spacial score (nSPS) is 16.1. The largest absolute Gasteiger partial charge is 0.464 e. The molecule has 1 rings (SSSR count). The second-order valence-electron chi connectivity index (χ2n) is 6.14. The van der Waals surface area contributed by atoms with Crippen molar-refractivity contribution in [3.63, 3.8) is 0 Å². The van der Waals surface area contributed by atoms with E-state index in [1.165, 1.54) is 25.7 Å². The van der Waals surface area contributed by atoms with Gasteiger partial charge in [0.25, 0.3) is 0 Å². The van der Waals surface area contributed by atoms with Crippen LogP contribution in [0.25, 0.3) is 0 Å². The standard InChI is InChI=1S/C17H30ClNO4/c1-2-3-4-5-6-9-13-22-15(20)17(10-7-8-11-17)19-16(21)23-14-12-18/h2-14H2,1H3,(H,19,21). The molecule has 1 aliphatic carbocycles. The van der Waals surface area contributed by atoms with Gasteiger partial charge >= 0.3 is 12.1 Å². The summed E-state index contributed by atoms with van der Waals surface area (Å²) >= 11 is 5.49. The molecule has 0 radical (unpaired) electrons. The lowest BCUT2D eigenvalue weighted by Gasteiger charge is -2.27. The van der Waals surface area contributed by atoms with Gasteiger partial charge in [0.05, 0.1) is 12.5 Å². The van der Waals surface area contributed by atoms with E-state index < -0.39 is 11.6 Å². The Morgan fingerprint density at radius 3 is 2.30 bits per heavy atom. The molecule has 1 saturated carbocycles. The number of hydrogen-bond donors (Lipinski definition) is 1. The monoisotopic (exact) mass is 347 g/mol. The first kappa shape index (κ1) is 20.1. The fourth-order valence-electron chi connectivity index (χ4n) is 2.91. The first-order valence-corrected chi connectivity index (χ1v) is 9.36. The number of unbranched alkanes of at least 4 members (excludes halogenated alkanes) is 5. The van der Waals surface area contributed by atoms with Gasteiger partial charge in [0.2, 0.25) is 0 Å². The minimum Gasteiger partial charge on any atom is -0.464 e. The fourth-order valence-corrected chi connectivity index (χ4v) is 2.98. The zero-order chi connectivity index (χ0) is 17.0. The average molecular weight is 348 g/mol. The SMILES string of the molecule is CCCCCCCCOC(=O)C1(NC(=O)OCCCl)CCCC1. The maximum absolute atomic E-state index is 12.4. The van der Waals surface area contributed by atoms with Crippen molar-refractivity contribution in [2.75, 3.05) is 19.1 Å². The van der Waals surface area contributed by atoms with Gasteiger partial charge in [-0.25, -0.2) is 9.59 Å². The van der Waals surface area contributed by atoms with Crippen LogP contribution in [0.1, 0.15) is 71.1 Å². The molecule has 0 heterocycles. The summed E-state index contributed by atoms with van der Waals surface area (Å²) < 4.78 is 10.3. The van der Waals surface area contributed by atoms with Crippen LogP contribution in [-0.4, -0.2) is 36.7 Å². The molecule has 0 aromatic carbocycles. The van der Waals surface area contributed by atoms with E-state index in [0.29, 0.717) is 19.4 Å². The summed E-state index contributed by atoms with van der Waals surface area (Å²) in [6.07, 6.45) is 9.29. The first-order chi connectivity index (χ1) is 11.1. The Balaban J connectivity index is 2.32. The number of alkyl halides is 1. The fraction of sp³-hybridized carbons (Fsp3) is 0.882. The van der Waals surface area contributed by atoms with Crippen LogP contribution in [0, 0.1) is 0 Å². The molecular weight excluding hydrogens is 318 g/mol. The van der Waals surface area contributed by atoms with E-state index in [9.17, 15) is 9.59 Å². The molecule has 0 aromatic rings. The predicted octanol–water partition coefficient (Wildman–Crippen LogP) is 4.17. The van der Waals surface area contributed by atoms with Crippen LogP contribution in [0.3, 0.4) is 0 Å². The third-order valence-corrected chi connectivity index (χ3v) is 4.38. The van der Waals surface area contributed by atoms with Crippen LogP contribution in [0.2, 0.25) is 0 Å². The molecule has 6 heteroatoms. The first-order valence-electron chi connectivity index (χ1n) is 8.83. The molecule has 134 valence electrons. The van der Waals surface area contributed by atoms with E-state index in [0.717, 1.165) is 25.7 Å². The van der Waals surface area contributed by atoms with Gasteiger partial charge in [0.1, 0.15) is 12.1 Å². The van der Waals surface area contributed by atoms with Gasteiger partial charge in [-0.15, -0.1) is 11.6 Å². The lowest BCUT2D eigenvalue weighted by atomic mass is 9.98. The van der Waals surface area contributed by atoms with Crippen LogP contribution in [0.15, 0.2) is 0 Å². The second-order valence-corrected chi connectivity index (χ2v) is 6.52. The summed E-state index contributed by atoms with van der Waals surface area (Å²) in [6.45, 7) is 2.75. The molecular formula is C17H30ClNO4. The van der Waals surface area contributed by atoms with Crippen LogP contribution >= 0.6 is 11.6 Å². The number of carbonyl (C=O) groups excluding carboxylic acids is 2. The second kappa shape index (κ2) is 11.5. The lowest BCUT2D eigenvalue weighted by molar-refractivity contribution is -0.151. The van der Waals surface area contributed by atoms with E-state index in [1.807, 2.05) is 0 Å². The minimum atomic E-state index is -0.911. The van der Waals surface area contributed by atoms with Crippen molar-refractivity contribution in [3.8, 4) is 0 Å². The molecule has 1 amide bonds. The van der Waals surface area contributed by atoms with Gasteiger partial charge < -0.3 is 14.8 Å². The van der Waals surface area contributed by atoms with E-state index in [2.05, 4.69) is 12.2 Å². The van der Waals surface area contributed by atoms with Crippen molar-refractivity contribution in [2.24, 2.45) is 0 Å². The van der Waals surface area contributed by atoms with Gasteiger partial charge in [-0.3, -0.25) is 0 Å². The molecule has 0 unspecified atom stereocenters. The van der Waals surface area contributed by atoms with Gasteiger partial charge in [-0.2, -0.15) is 0 Å². The Bertz CT molecular complexity index is 357. The van der Waals surface area contributed by atoms with E-state index in [4.69, 9.17) is 21.1 Å². The third-order valence-electron chi connectivity index (χ3n) is 4.23. The van der Waals surface area contributed by atoms with Crippen molar-refractivity contribution in [2.45, 2.75) is 76.7 Å². The van der Waals surface area contributed by atoms with Gasteiger partial charge in [-0.05, 0) is 19.3 Å². The zero-order valence-corrected chi connectivity index (χ0v) is 15.0. The molecule has 5 nitrogen and oxygen atoms in total. The zero-order valence-electron chi connectivity index (χ0n) is 14.2. The maximum Gasteiger partial charge on any atom is 0.408 e. The molecule has 1 fully saturated rings. The molecule has 0 atom stereocenters. The van der Waals surface area contributed by atoms with E-state index >= 15 is 0 Å². The van der Waals surface area contributed by atoms with Gasteiger partial charge in [0.15, 0.2) is 0 Å². The molecule has 0 aromatic heterocycles. The number of ether oxygens (including phenoxy) is 2. The van der Waals surface area contributed by atoms with Crippen LogP contribution in [-0.2, 0) is 14.3 Å². The van der Waals surface area contributed by atoms with Crippen LogP contribution in [0.5, 0.6) is 0 Å². The van der Waals surface area contributed by atoms with Crippen LogP contribution in [0.4, 0.5) is 4.79 Å². The average Bonchev–Trinajstić information content (AvgIpc) is 3.01. The Kier molecular flexibility index (Phi) is 10.1. The molecule has 0 bridgehead atoms. The van der Waals surface area contributed by atoms with Crippen molar-refractivity contribution < 1.29 is 19.1 Å². The number of amides is 1. The summed E-state index contributed by atoms with van der Waals surface area (Å²) in [5.41, 5.74) is -0.911.